The summed E-state index contributed by atoms with van der Waals surface area (Å²) in [5.74, 6) is -0.793. The number of thiazole rings is 1. The van der Waals surface area contributed by atoms with E-state index in [1.54, 1.807) is 29.6 Å². The molecule has 10 nitrogen and oxygen atoms in total. The van der Waals surface area contributed by atoms with E-state index in [0.717, 1.165) is 61.1 Å². The second kappa shape index (κ2) is 14.4. The van der Waals surface area contributed by atoms with E-state index in [4.69, 9.17) is 4.74 Å². The summed E-state index contributed by atoms with van der Waals surface area (Å²) in [7, 11) is 0. The van der Waals surface area contributed by atoms with Crippen LogP contribution in [0.25, 0.3) is 11.1 Å². The highest BCUT2D eigenvalue weighted by molar-refractivity contribution is 7.09. The molecule has 0 radical (unpaired) electrons. The van der Waals surface area contributed by atoms with Gasteiger partial charge in [-0.3, -0.25) is 14.5 Å². The van der Waals surface area contributed by atoms with Crippen molar-refractivity contribution >= 4 is 23.2 Å². The van der Waals surface area contributed by atoms with Gasteiger partial charge >= 0.3 is 0 Å². The maximum absolute atomic E-state index is 14.3. The van der Waals surface area contributed by atoms with Gasteiger partial charge in [0.15, 0.2) is 0 Å². The molecule has 3 heterocycles. The largest absolute Gasteiger partial charge is 0.507 e. The van der Waals surface area contributed by atoms with Crippen molar-refractivity contribution in [2.75, 3.05) is 26.2 Å². The fourth-order valence-electron chi connectivity index (χ4n) is 5.93. The highest BCUT2D eigenvalue weighted by Gasteiger charge is 2.26. The second-order valence-electron chi connectivity index (χ2n) is 11.8. The van der Waals surface area contributed by atoms with Crippen LogP contribution in [-0.2, 0) is 6.54 Å². The predicted molar refractivity (Wildman–Crippen MR) is 174 cm³/mol. The first-order valence-corrected chi connectivity index (χ1v) is 16.4. The summed E-state index contributed by atoms with van der Waals surface area (Å²) in [6, 6.07) is 13.8. The first-order valence-electron chi connectivity index (χ1n) is 15.5. The number of phenolic OH excluding ortho intramolecular Hbond substituents is 1. The van der Waals surface area contributed by atoms with Crippen LogP contribution in [0.2, 0.25) is 0 Å². The summed E-state index contributed by atoms with van der Waals surface area (Å²) in [4.78, 5) is 36.5. The molecule has 6 rings (SSSR count). The molecule has 4 aromatic rings. The van der Waals surface area contributed by atoms with Crippen molar-refractivity contribution < 1.29 is 23.8 Å². The number of aryl methyl sites for hydroxylation is 1. The van der Waals surface area contributed by atoms with Gasteiger partial charge in [-0.05, 0) is 68.0 Å². The van der Waals surface area contributed by atoms with Crippen LogP contribution in [-0.4, -0.2) is 70.1 Å². The van der Waals surface area contributed by atoms with Crippen LogP contribution >= 0.6 is 11.3 Å². The Labute approximate surface area is 271 Å². The molecule has 1 aliphatic heterocycles. The number of rotatable bonds is 9. The number of aromatic hydroxyl groups is 1. The number of carbonyl (C=O) groups is 2. The Morgan fingerprint density at radius 2 is 1.78 bits per heavy atom. The van der Waals surface area contributed by atoms with Crippen molar-refractivity contribution in [3.63, 3.8) is 0 Å². The van der Waals surface area contributed by atoms with Crippen LogP contribution in [0, 0.1) is 12.7 Å². The summed E-state index contributed by atoms with van der Waals surface area (Å²) in [6.45, 7) is 6.48. The SMILES string of the molecule is Cc1nc(C(=O)NC2CCC(NC(=O)c3cc(F)cnc3Oc3cccc(-c4ccc(CN5CCNCC5)cc4O)c3)CC2)cs1. The summed E-state index contributed by atoms with van der Waals surface area (Å²) < 4.78 is 20.3. The Morgan fingerprint density at radius 1 is 1.04 bits per heavy atom. The molecule has 1 aliphatic carbocycles. The average Bonchev–Trinajstić information content (AvgIpc) is 3.50. The summed E-state index contributed by atoms with van der Waals surface area (Å²) in [5, 5.41) is 22.8. The molecule has 4 N–H and O–H groups in total. The molecule has 2 fully saturated rings. The number of carbonyl (C=O) groups excluding carboxylic acids is 2. The van der Waals surface area contributed by atoms with Crippen LogP contribution in [0.3, 0.4) is 0 Å². The topological polar surface area (TPSA) is 129 Å². The lowest BCUT2D eigenvalue weighted by molar-refractivity contribution is 0.0888. The van der Waals surface area contributed by atoms with Crippen molar-refractivity contribution in [2.45, 2.75) is 51.2 Å². The molecule has 2 aromatic heterocycles. The standard InChI is InChI=1S/C34H37FN6O4S/c1-21-38-30(20-46-21)33(44)40-26-8-6-25(7-9-26)39-32(43)29-17-24(35)18-37-34(29)45-27-4-2-3-23(16-27)28-10-5-22(15-31(28)42)19-41-13-11-36-12-14-41/h2-5,10,15-18,20,25-26,36,42H,6-9,11-14,19H2,1H3,(H,39,43)(H,40,44). The molecule has 0 spiro atoms. The monoisotopic (exact) mass is 644 g/mol. The second-order valence-corrected chi connectivity index (χ2v) is 12.8. The molecule has 2 amide bonds. The highest BCUT2D eigenvalue weighted by Crippen LogP contribution is 2.34. The normalized spacial score (nSPS) is 18.6. The minimum atomic E-state index is -0.652. The number of hydrogen-bond donors (Lipinski definition) is 4. The minimum Gasteiger partial charge on any atom is -0.507 e. The van der Waals surface area contributed by atoms with Gasteiger partial charge in [0.05, 0.1) is 11.2 Å². The molecule has 0 atom stereocenters. The van der Waals surface area contributed by atoms with Gasteiger partial charge in [-0.1, -0.05) is 24.3 Å². The van der Waals surface area contributed by atoms with Gasteiger partial charge in [0.1, 0.15) is 28.6 Å². The molecule has 0 bridgehead atoms. The number of phenols is 1. The van der Waals surface area contributed by atoms with E-state index in [0.29, 0.717) is 42.7 Å². The molecular formula is C34H37FN6O4S. The molecule has 240 valence electrons. The molecule has 46 heavy (non-hydrogen) atoms. The Morgan fingerprint density at radius 3 is 2.48 bits per heavy atom. The Bertz CT molecular complexity index is 1700. The number of halogens is 1. The number of amides is 2. The van der Waals surface area contributed by atoms with Crippen molar-refractivity contribution in [1.82, 2.24) is 30.8 Å². The number of benzene rings is 2. The molecule has 0 unspecified atom stereocenters. The maximum Gasteiger partial charge on any atom is 0.270 e. The van der Waals surface area contributed by atoms with E-state index in [9.17, 15) is 19.1 Å². The Kier molecular flexibility index (Phi) is 9.86. The number of hydrogen-bond acceptors (Lipinski definition) is 9. The fraction of sp³-hybridized carbons (Fsp3) is 0.353. The van der Waals surface area contributed by atoms with Gasteiger partial charge in [0.2, 0.25) is 5.88 Å². The summed E-state index contributed by atoms with van der Waals surface area (Å²) >= 11 is 1.43. The van der Waals surface area contributed by atoms with Crippen LogP contribution in [0.15, 0.2) is 60.1 Å². The number of pyridine rings is 1. The zero-order valence-corrected chi connectivity index (χ0v) is 26.4. The van der Waals surface area contributed by atoms with E-state index in [2.05, 4.69) is 30.8 Å². The molecule has 2 aromatic carbocycles. The fourth-order valence-corrected chi connectivity index (χ4v) is 6.52. The number of nitrogens with one attached hydrogen (secondary N) is 3. The van der Waals surface area contributed by atoms with Gasteiger partial charge in [0.25, 0.3) is 11.8 Å². The molecular weight excluding hydrogens is 607 g/mol. The Balaban J connectivity index is 1.08. The molecule has 1 saturated carbocycles. The maximum atomic E-state index is 14.3. The van der Waals surface area contributed by atoms with E-state index in [-0.39, 0.29) is 35.2 Å². The lowest BCUT2D eigenvalue weighted by Crippen LogP contribution is -2.44. The van der Waals surface area contributed by atoms with E-state index < -0.39 is 11.7 Å². The minimum absolute atomic E-state index is 0.00692. The zero-order chi connectivity index (χ0) is 32.0. The van der Waals surface area contributed by atoms with Crippen LogP contribution in [0.5, 0.6) is 17.4 Å². The van der Waals surface area contributed by atoms with Gasteiger partial charge < -0.3 is 25.8 Å². The van der Waals surface area contributed by atoms with Gasteiger partial charge in [0, 0.05) is 55.8 Å². The number of aromatic nitrogens is 2. The third-order valence-corrected chi connectivity index (χ3v) is 9.12. The lowest BCUT2D eigenvalue weighted by Gasteiger charge is -2.29. The lowest BCUT2D eigenvalue weighted by atomic mass is 9.91. The highest BCUT2D eigenvalue weighted by atomic mass is 32.1. The molecule has 1 saturated heterocycles. The summed E-state index contributed by atoms with van der Waals surface area (Å²) in [5.41, 5.74) is 2.81. The first-order chi connectivity index (χ1) is 22.3. The van der Waals surface area contributed by atoms with Crippen LogP contribution in [0.1, 0.15) is 57.1 Å². The van der Waals surface area contributed by atoms with Crippen LogP contribution in [0.4, 0.5) is 4.39 Å². The number of nitrogens with zero attached hydrogens (tertiary/aromatic N) is 3. The third-order valence-electron chi connectivity index (χ3n) is 8.35. The van der Waals surface area contributed by atoms with Crippen molar-refractivity contribution in [2.24, 2.45) is 0 Å². The summed E-state index contributed by atoms with van der Waals surface area (Å²) in [6.07, 6.45) is 3.72. The molecule has 2 aliphatic rings. The van der Waals surface area contributed by atoms with E-state index >= 15 is 0 Å². The van der Waals surface area contributed by atoms with E-state index in [1.165, 1.54) is 11.3 Å². The third kappa shape index (κ3) is 7.87. The Hall–Kier alpha value is -4.39. The van der Waals surface area contributed by atoms with Gasteiger partial charge in [-0.25, -0.2) is 14.4 Å². The zero-order valence-electron chi connectivity index (χ0n) is 25.6. The quantitative estimate of drug-likeness (QED) is 0.200. The molecule has 12 heteroatoms. The van der Waals surface area contributed by atoms with Gasteiger partial charge in [-0.15, -0.1) is 11.3 Å². The van der Waals surface area contributed by atoms with Gasteiger partial charge in [-0.2, -0.15) is 0 Å². The van der Waals surface area contributed by atoms with Crippen LogP contribution < -0.4 is 20.7 Å². The number of piperazine rings is 1. The smallest absolute Gasteiger partial charge is 0.270 e. The van der Waals surface area contributed by atoms with E-state index in [1.807, 2.05) is 25.1 Å². The average molecular weight is 645 g/mol. The van der Waals surface area contributed by atoms with Crippen molar-refractivity contribution in [3.05, 3.63) is 87.8 Å². The van der Waals surface area contributed by atoms with Crippen molar-refractivity contribution in [1.29, 1.82) is 0 Å². The number of ether oxygens (including phenoxy) is 1. The first kappa shape index (κ1) is 31.6. The predicted octanol–water partition coefficient (Wildman–Crippen LogP) is 5.03. The van der Waals surface area contributed by atoms with Crippen molar-refractivity contribution in [3.8, 4) is 28.5 Å².